The fourth-order valence-electron chi connectivity index (χ4n) is 4.79. The minimum atomic E-state index is -1.61. The first-order valence-electron chi connectivity index (χ1n) is 9.43. The summed E-state index contributed by atoms with van der Waals surface area (Å²) >= 11 is 4.46. The van der Waals surface area contributed by atoms with E-state index in [4.69, 9.17) is 4.98 Å². The van der Waals surface area contributed by atoms with E-state index < -0.39 is 8.07 Å². The van der Waals surface area contributed by atoms with Crippen molar-refractivity contribution in [1.29, 1.82) is 0 Å². The second-order valence-electron chi connectivity index (χ2n) is 9.13. The fraction of sp³-hybridized carbons (Fsp3) is 0.650. The molecule has 1 fully saturated rings. The van der Waals surface area contributed by atoms with Crippen molar-refractivity contribution in [2.75, 3.05) is 0 Å². The zero-order valence-corrected chi connectivity index (χ0v) is 20.1. The maximum Gasteiger partial charge on any atom is 0.114 e. The van der Waals surface area contributed by atoms with E-state index in [9.17, 15) is 0 Å². The lowest BCUT2D eigenvalue weighted by molar-refractivity contribution is 0.318. The Bertz CT molecular complexity index is 694. The number of hydrogen-bond acceptors (Lipinski definition) is 2. The van der Waals surface area contributed by atoms with Crippen LogP contribution >= 0.6 is 33.9 Å². The van der Waals surface area contributed by atoms with E-state index in [1.807, 2.05) is 23.7 Å². The molecule has 0 aliphatic heterocycles. The molecule has 0 radical (unpaired) electrons. The Morgan fingerprint density at radius 2 is 1.92 bits per heavy atom. The van der Waals surface area contributed by atoms with Crippen LogP contribution in [0.1, 0.15) is 69.5 Å². The van der Waals surface area contributed by atoms with Crippen LogP contribution < -0.4 is 0 Å². The molecule has 2 aromatic heterocycles. The first-order valence-corrected chi connectivity index (χ1v) is 14.4. The van der Waals surface area contributed by atoms with Crippen molar-refractivity contribution in [2.24, 2.45) is 0 Å². The summed E-state index contributed by atoms with van der Waals surface area (Å²) in [5.41, 5.74) is 0. The maximum atomic E-state index is 4.80. The molecule has 1 saturated carbocycles. The van der Waals surface area contributed by atoms with E-state index in [0.29, 0.717) is 16.0 Å². The van der Waals surface area contributed by atoms with Gasteiger partial charge in [0.15, 0.2) is 0 Å². The van der Waals surface area contributed by atoms with Gasteiger partial charge in [0.2, 0.25) is 0 Å². The van der Waals surface area contributed by atoms with Crippen LogP contribution in [0.25, 0.3) is 0 Å². The van der Waals surface area contributed by atoms with Gasteiger partial charge >= 0.3 is 0 Å². The minimum Gasteiger partial charge on any atom is -0.348 e. The number of nitrogens with zero attached hydrogens (tertiary/aromatic N) is 1. The van der Waals surface area contributed by atoms with Crippen LogP contribution in [0.4, 0.5) is 0 Å². The molecule has 25 heavy (non-hydrogen) atoms. The molecule has 2 heterocycles. The van der Waals surface area contributed by atoms with Crippen LogP contribution in [-0.2, 0) is 0 Å². The Morgan fingerprint density at radius 1 is 1.24 bits per heavy atom. The van der Waals surface area contributed by atoms with Gasteiger partial charge in [-0.05, 0) is 57.0 Å². The topological polar surface area (TPSA) is 28.7 Å². The summed E-state index contributed by atoms with van der Waals surface area (Å²) in [6, 6.07) is 2.28. The molecular formula is C20H31IN2SSi. The molecule has 5 heteroatoms. The fourth-order valence-corrected chi connectivity index (χ4v) is 11.1. The lowest BCUT2D eigenvalue weighted by atomic mass is 9.77. The summed E-state index contributed by atoms with van der Waals surface area (Å²) in [7, 11) is -1.61. The molecule has 1 unspecified atom stereocenters. The number of hydrogen-bond donors (Lipinski definition) is 1. The molecule has 0 spiro atoms. The SMILES string of the molecule is CC(C)(C)[Si](C)(C)C1(C(c2ncc[nH]2)c2sccc2I)CCCCC1. The third kappa shape index (κ3) is 3.29. The van der Waals surface area contributed by atoms with Crippen molar-refractivity contribution >= 4 is 42.0 Å². The summed E-state index contributed by atoms with van der Waals surface area (Å²) in [5, 5.41) is 3.00. The maximum absolute atomic E-state index is 4.80. The summed E-state index contributed by atoms with van der Waals surface area (Å²) in [4.78, 5) is 9.84. The quantitative estimate of drug-likeness (QED) is 0.354. The third-order valence-corrected chi connectivity index (χ3v) is 16.4. The average molecular weight is 487 g/mol. The van der Waals surface area contributed by atoms with Gasteiger partial charge in [-0.15, -0.1) is 11.3 Å². The van der Waals surface area contributed by atoms with E-state index in [1.165, 1.54) is 46.4 Å². The van der Waals surface area contributed by atoms with Gasteiger partial charge in [-0.1, -0.05) is 53.1 Å². The highest BCUT2D eigenvalue weighted by molar-refractivity contribution is 14.1. The van der Waals surface area contributed by atoms with Gasteiger partial charge < -0.3 is 4.98 Å². The molecule has 1 aliphatic carbocycles. The number of imidazole rings is 1. The third-order valence-electron chi connectivity index (χ3n) is 7.12. The lowest BCUT2D eigenvalue weighted by Crippen LogP contribution is -2.53. The number of aromatic nitrogens is 2. The summed E-state index contributed by atoms with van der Waals surface area (Å²) in [6.07, 6.45) is 10.8. The van der Waals surface area contributed by atoms with Gasteiger partial charge in [-0.2, -0.15) is 0 Å². The first-order chi connectivity index (χ1) is 11.7. The molecule has 2 aromatic rings. The number of nitrogens with one attached hydrogen (secondary N) is 1. The molecule has 138 valence electrons. The van der Waals surface area contributed by atoms with Crippen molar-refractivity contribution in [1.82, 2.24) is 9.97 Å². The summed E-state index contributed by atoms with van der Waals surface area (Å²) in [5.74, 6) is 1.60. The Labute approximate surface area is 171 Å². The molecule has 0 amide bonds. The van der Waals surface area contributed by atoms with Gasteiger partial charge in [0.1, 0.15) is 5.82 Å². The predicted molar refractivity (Wildman–Crippen MR) is 120 cm³/mol. The molecule has 0 saturated heterocycles. The second-order valence-corrected chi connectivity index (χ2v) is 17.0. The highest BCUT2D eigenvalue weighted by Gasteiger charge is 2.58. The predicted octanol–water partition coefficient (Wildman–Crippen LogP) is 7.42. The van der Waals surface area contributed by atoms with Crippen molar-refractivity contribution in [3.05, 3.63) is 38.1 Å². The van der Waals surface area contributed by atoms with Crippen molar-refractivity contribution < 1.29 is 0 Å². The second kappa shape index (κ2) is 7.11. The highest BCUT2D eigenvalue weighted by Crippen LogP contribution is 2.67. The Kier molecular flexibility index (Phi) is 5.58. The molecule has 0 aromatic carbocycles. The van der Waals surface area contributed by atoms with Gasteiger partial charge in [0.25, 0.3) is 0 Å². The molecule has 1 atom stereocenters. The van der Waals surface area contributed by atoms with Crippen molar-refractivity contribution in [3.63, 3.8) is 0 Å². The van der Waals surface area contributed by atoms with Gasteiger partial charge in [0.05, 0.1) is 14.0 Å². The van der Waals surface area contributed by atoms with Crippen LogP contribution in [0.5, 0.6) is 0 Å². The monoisotopic (exact) mass is 486 g/mol. The minimum absolute atomic E-state index is 0.367. The standard InChI is InChI=1S/C20H31IN2SSi/c1-19(2,3)25(4,5)20(10-7-6-8-11-20)16(18-22-12-13-23-18)17-15(21)9-14-24-17/h9,12-14,16H,6-8,10-11H2,1-5H3,(H,22,23). The zero-order chi connectivity index (χ0) is 18.3. The Hall–Kier alpha value is -0.143. The highest BCUT2D eigenvalue weighted by atomic mass is 127. The number of H-pyrrole nitrogens is 1. The Morgan fingerprint density at radius 3 is 2.40 bits per heavy atom. The van der Waals surface area contributed by atoms with Gasteiger partial charge in [-0.25, -0.2) is 4.98 Å². The summed E-state index contributed by atoms with van der Waals surface area (Å²) in [6.45, 7) is 12.7. The van der Waals surface area contributed by atoms with E-state index in [-0.39, 0.29) is 0 Å². The van der Waals surface area contributed by atoms with Crippen LogP contribution in [-0.4, -0.2) is 18.0 Å². The van der Waals surface area contributed by atoms with E-state index >= 15 is 0 Å². The molecular weight excluding hydrogens is 455 g/mol. The van der Waals surface area contributed by atoms with Crippen LogP contribution in [0.2, 0.25) is 23.2 Å². The number of thiophene rings is 1. The molecule has 3 rings (SSSR count). The molecule has 1 N–H and O–H groups in total. The molecule has 2 nitrogen and oxygen atoms in total. The smallest absolute Gasteiger partial charge is 0.114 e. The van der Waals surface area contributed by atoms with Crippen molar-refractivity contribution in [3.8, 4) is 0 Å². The van der Waals surface area contributed by atoms with Gasteiger partial charge in [-0.3, -0.25) is 0 Å². The van der Waals surface area contributed by atoms with Crippen LogP contribution in [0.15, 0.2) is 23.8 Å². The van der Waals surface area contributed by atoms with Crippen LogP contribution in [0.3, 0.4) is 0 Å². The first kappa shape index (κ1) is 19.6. The lowest BCUT2D eigenvalue weighted by Gasteiger charge is -2.57. The molecule has 1 aliphatic rings. The largest absolute Gasteiger partial charge is 0.348 e. The number of aromatic amines is 1. The normalized spacial score (nSPS) is 19.8. The summed E-state index contributed by atoms with van der Waals surface area (Å²) < 4.78 is 1.41. The number of rotatable bonds is 4. The zero-order valence-electron chi connectivity index (χ0n) is 16.2. The van der Waals surface area contributed by atoms with Gasteiger partial charge in [0, 0.05) is 20.8 Å². The average Bonchev–Trinajstić information content (AvgIpc) is 3.20. The Balaban J connectivity index is 2.23. The van der Waals surface area contributed by atoms with Crippen molar-refractivity contribution in [2.45, 2.75) is 82.0 Å². The van der Waals surface area contributed by atoms with E-state index in [2.05, 4.69) is 72.9 Å². The van der Waals surface area contributed by atoms with Crippen LogP contribution in [0, 0.1) is 3.57 Å². The van der Waals surface area contributed by atoms with E-state index in [0.717, 1.165) is 0 Å². The molecule has 0 bridgehead atoms. The van der Waals surface area contributed by atoms with E-state index in [1.54, 1.807) is 0 Å². The number of halogens is 1.